The summed E-state index contributed by atoms with van der Waals surface area (Å²) in [5.41, 5.74) is 2.77. The minimum absolute atomic E-state index is 0.0158. The van der Waals surface area contributed by atoms with E-state index in [1.54, 1.807) is 11.5 Å². The molecule has 0 atom stereocenters. The van der Waals surface area contributed by atoms with Gasteiger partial charge in [-0.15, -0.1) is 11.3 Å². The first-order chi connectivity index (χ1) is 14.9. The number of aryl methyl sites for hydroxylation is 3. The molecule has 0 spiro atoms. The summed E-state index contributed by atoms with van der Waals surface area (Å²) in [5.74, 6) is 0.454. The first kappa shape index (κ1) is 21.6. The number of esters is 1. The molecule has 3 aromatic rings. The van der Waals surface area contributed by atoms with Crippen LogP contribution in [0.3, 0.4) is 0 Å². The van der Waals surface area contributed by atoms with Gasteiger partial charge in [-0.1, -0.05) is 12.5 Å². The van der Waals surface area contributed by atoms with E-state index in [2.05, 4.69) is 11.1 Å². The van der Waals surface area contributed by atoms with Crippen LogP contribution in [0.15, 0.2) is 29.3 Å². The number of rotatable bonds is 6. The molecule has 1 saturated carbocycles. The number of hydrogen-bond acceptors (Lipinski definition) is 6. The zero-order chi connectivity index (χ0) is 22.0. The second kappa shape index (κ2) is 9.22. The summed E-state index contributed by atoms with van der Waals surface area (Å²) < 4.78 is 13.1. The molecular weight excluding hydrogens is 412 g/mol. The summed E-state index contributed by atoms with van der Waals surface area (Å²) >= 11 is 1.24. The molecule has 0 bridgehead atoms. The SMILES string of the molecule is Cc1cc(C)cc(OCCn2cnc3sc(C(=O)OC4CCCCC4)c(C)c3c2=O)c1. The lowest BCUT2D eigenvalue weighted by atomic mass is 9.98. The minimum atomic E-state index is -0.337. The highest BCUT2D eigenvalue weighted by Gasteiger charge is 2.24. The lowest BCUT2D eigenvalue weighted by molar-refractivity contribution is 0.0216. The molecule has 1 aliphatic carbocycles. The van der Waals surface area contributed by atoms with Gasteiger partial charge in [-0.25, -0.2) is 9.78 Å². The van der Waals surface area contributed by atoms with Crippen LogP contribution in [0.25, 0.3) is 10.2 Å². The first-order valence-electron chi connectivity index (χ1n) is 10.8. The molecule has 4 rings (SSSR count). The number of thiophene rings is 1. The third kappa shape index (κ3) is 4.82. The number of fused-ring (bicyclic) bond motifs is 1. The number of aromatic nitrogens is 2. The predicted molar refractivity (Wildman–Crippen MR) is 122 cm³/mol. The van der Waals surface area contributed by atoms with Crippen molar-refractivity contribution >= 4 is 27.5 Å². The van der Waals surface area contributed by atoms with Gasteiger partial charge in [0.15, 0.2) is 0 Å². The molecule has 0 amide bonds. The third-order valence-corrected chi connectivity index (χ3v) is 6.90. The van der Waals surface area contributed by atoms with Crippen molar-refractivity contribution in [1.29, 1.82) is 0 Å². The number of ether oxygens (including phenoxy) is 2. The number of nitrogens with zero attached hydrogens (tertiary/aromatic N) is 2. The van der Waals surface area contributed by atoms with E-state index in [1.165, 1.54) is 24.1 Å². The van der Waals surface area contributed by atoms with Crippen molar-refractivity contribution in [3.63, 3.8) is 0 Å². The van der Waals surface area contributed by atoms with Crippen LogP contribution in [0.5, 0.6) is 5.75 Å². The zero-order valence-electron chi connectivity index (χ0n) is 18.3. The van der Waals surface area contributed by atoms with Gasteiger partial charge in [-0.05, 0) is 75.3 Å². The second-order valence-electron chi connectivity index (χ2n) is 8.32. The minimum Gasteiger partial charge on any atom is -0.492 e. The van der Waals surface area contributed by atoms with E-state index in [9.17, 15) is 9.59 Å². The summed E-state index contributed by atoms with van der Waals surface area (Å²) in [6, 6.07) is 6.04. The molecule has 1 aromatic carbocycles. The fourth-order valence-corrected chi connectivity index (χ4v) is 5.20. The summed E-state index contributed by atoms with van der Waals surface area (Å²) in [7, 11) is 0. The van der Waals surface area contributed by atoms with Crippen molar-refractivity contribution in [3.8, 4) is 5.75 Å². The van der Waals surface area contributed by atoms with E-state index in [0.717, 1.165) is 42.6 Å². The molecule has 0 N–H and O–H groups in total. The van der Waals surface area contributed by atoms with Crippen molar-refractivity contribution < 1.29 is 14.3 Å². The highest BCUT2D eigenvalue weighted by Crippen LogP contribution is 2.29. The van der Waals surface area contributed by atoms with Crippen LogP contribution >= 0.6 is 11.3 Å². The van der Waals surface area contributed by atoms with Gasteiger partial charge in [0.05, 0.1) is 18.3 Å². The Morgan fingerprint density at radius 3 is 2.55 bits per heavy atom. The van der Waals surface area contributed by atoms with Gasteiger partial charge in [0.1, 0.15) is 28.2 Å². The van der Waals surface area contributed by atoms with Crippen LogP contribution in [0.2, 0.25) is 0 Å². The van der Waals surface area contributed by atoms with E-state index in [4.69, 9.17) is 9.47 Å². The molecular formula is C24H28N2O4S. The van der Waals surface area contributed by atoms with Crippen LogP contribution in [-0.2, 0) is 11.3 Å². The lowest BCUT2D eigenvalue weighted by Gasteiger charge is -2.21. The molecule has 1 fully saturated rings. The molecule has 31 heavy (non-hydrogen) atoms. The Kier molecular flexibility index (Phi) is 6.41. The van der Waals surface area contributed by atoms with Gasteiger partial charge in [0.25, 0.3) is 5.56 Å². The molecule has 0 radical (unpaired) electrons. The lowest BCUT2D eigenvalue weighted by Crippen LogP contribution is -2.23. The number of hydrogen-bond donors (Lipinski definition) is 0. The fourth-order valence-electron chi connectivity index (χ4n) is 4.18. The Hall–Kier alpha value is -2.67. The van der Waals surface area contributed by atoms with E-state index in [1.807, 2.05) is 26.0 Å². The average molecular weight is 441 g/mol. The van der Waals surface area contributed by atoms with Crippen molar-refractivity contribution in [3.05, 3.63) is 56.4 Å². The van der Waals surface area contributed by atoms with Crippen LogP contribution in [0.4, 0.5) is 0 Å². The standard InChI is InChI=1S/C24H28N2O4S/c1-15-11-16(2)13-19(12-15)29-10-9-26-14-25-22-20(23(26)27)17(3)21(31-22)24(28)30-18-7-5-4-6-8-18/h11-14,18H,4-10H2,1-3H3. The van der Waals surface area contributed by atoms with E-state index >= 15 is 0 Å². The summed E-state index contributed by atoms with van der Waals surface area (Å²) in [6.45, 7) is 6.59. The highest BCUT2D eigenvalue weighted by molar-refractivity contribution is 7.20. The van der Waals surface area contributed by atoms with Gasteiger partial charge in [0.2, 0.25) is 0 Å². The zero-order valence-corrected chi connectivity index (χ0v) is 19.1. The molecule has 164 valence electrons. The van der Waals surface area contributed by atoms with Crippen LogP contribution < -0.4 is 10.3 Å². The van der Waals surface area contributed by atoms with Crippen molar-refractivity contribution in [2.45, 2.75) is 65.5 Å². The van der Waals surface area contributed by atoms with E-state index in [-0.39, 0.29) is 17.6 Å². The van der Waals surface area contributed by atoms with Crippen molar-refractivity contribution in [2.75, 3.05) is 6.61 Å². The maximum absolute atomic E-state index is 13.0. The largest absolute Gasteiger partial charge is 0.492 e. The van der Waals surface area contributed by atoms with E-state index < -0.39 is 0 Å². The van der Waals surface area contributed by atoms with Gasteiger partial charge >= 0.3 is 5.97 Å². The maximum atomic E-state index is 13.0. The molecule has 2 aromatic heterocycles. The van der Waals surface area contributed by atoms with Crippen molar-refractivity contribution in [1.82, 2.24) is 9.55 Å². The molecule has 7 heteroatoms. The third-order valence-electron chi connectivity index (χ3n) is 5.72. The Morgan fingerprint density at radius 1 is 1.13 bits per heavy atom. The van der Waals surface area contributed by atoms with Gasteiger partial charge in [-0.2, -0.15) is 0 Å². The summed E-state index contributed by atoms with van der Waals surface area (Å²) in [5, 5.41) is 0.495. The number of carbonyl (C=O) groups is 1. The maximum Gasteiger partial charge on any atom is 0.348 e. The van der Waals surface area contributed by atoms with Crippen molar-refractivity contribution in [2.24, 2.45) is 0 Å². The Morgan fingerprint density at radius 2 is 1.84 bits per heavy atom. The van der Waals surface area contributed by atoms with Gasteiger partial charge in [0, 0.05) is 0 Å². The number of benzene rings is 1. The van der Waals surface area contributed by atoms with Crippen LogP contribution in [0.1, 0.15) is 58.5 Å². The Bertz CT molecular complexity index is 1140. The second-order valence-corrected chi connectivity index (χ2v) is 9.32. The normalized spacial score (nSPS) is 14.7. The van der Waals surface area contributed by atoms with E-state index in [0.29, 0.717) is 33.8 Å². The monoisotopic (exact) mass is 440 g/mol. The van der Waals surface area contributed by atoms with Gasteiger partial charge < -0.3 is 9.47 Å². The highest BCUT2D eigenvalue weighted by atomic mass is 32.1. The topological polar surface area (TPSA) is 70.4 Å². The molecule has 0 aliphatic heterocycles. The van der Waals surface area contributed by atoms with Crippen LogP contribution in [-0.4, -0.2) is 28.2 Å². The fraction of sp³-hybridized carbons (Fsp3) is 0.458. The number of carbonyl (C=O) groups excluding carboxylic acids is 1. The predicted octanol–water partition coefficient (Wildman–Crippen LogP) is 4.95. The summed E-state index contributed by atoms with van der Waals surface area (Å²) in [6.07, 6.45) is 6.74. The molecule has 6 nitrogen and oxygen atoms in total. The quantitative estimate of drug-likeness (QED) is 0.507. The average Bonchev–Trinajstić information content (AvgIpc) is 3.07. The Labute approximate surface area is 185 Å². The smallest absolute Gasteiger partial charge is 0.348 e. The molecule has 2 heterocycles. The van der Waals surface area contributed by atoms with Crippen LogP contribution in [0, 0.1) is 20.8 Å². The molecule has 1 aliphatic rings. The summed E-state index contributed by atoms with van der Waals surface area (Å²) in [4.78, 5) is 31.2. The molecule has 0 unspecified atom stereocenters. The Balaban J connectivity index is 1.49. The molecule has 0 saturated heterocycles. The first-order valence-corrected chi connectivity index (χ1v) is 11.6. The van der Waals surface area contributed by atoms with Gasteiger partial charge in [-0.3, -0.25) is 9.36 Å².